The summed E-state index contributed by atoms with van der Waals surface area (Å²) in [4.78, 5) is 25.5. The van der Waals surface area contributed by atoms with Crippen molar-refractivity contribution in [2.24, 2.45) is 5.92 Å². The molecule has 0 radical (unpaired) electrons. The number of rotatable bonds is 5. The molecule has 0 fully saturated rings. The van der Waals surface area contributed by atoms with Crippen LogP contribution in [0.3, 0.4) is 0 Å². The number of hydrogen-bond donors (Lipinski definition) is 1. The molecular formula is C17H26N2O3. The van der Waals surface area contributed by atoms with E-state index in [-0.39, 0.29) is 24.0 Å². The molecule has 1 rings (SSSR count). The molecule has 1 aromatic carbocycles. The average Bonchev–Trinajstić information content (AvgIpc) is 2.44. The van der Waals surface area contributed by atoms with Gasteiger partial charge < -0.3 is 15.0 Å². The lowest BCUT2D eigenvalue weighted by molar-refractivity contribution is -0.122. The van der Waals surface area contributed by atoms with Crippen LogP contribution < -0.4 is 10.2 Å². The molecule has 5 heteroatoms. The summed E-state index contributed by atoms with van der Waals surface area (Å²) in [6.45, 7) is 7.71. The Labute approximate surface area is 132 Å². The Balaban J connectivity index is 2.40. The van der Waals surface area contributed by atoms with E-state index in [4.69, 9.17) is 4.74 Å². The second-order valence-electron chi connectivity index (χ2n) is 6.43. The quantitative estimate of drug-likeness (QED) is 0.909. The van der Waals surface area contributed by atoms with Crippen LogP contribution in [0.25, 0.3) is 0 Å². The maximum absolute atomic E-state index is 12.3. The highest BCUT2D eigenvalue weighted by atomic mass is 16.5. The van der Waals surface area contributed by atoms with Gasteiger partial charge in [-0.2, -0.15) is 0 Å². The summed E-state index contributed by atoms with van der Waals surface area (Å²) < 4.78 is 5.10. The van der Waals surface area contributed by atoms with Crippen molar-refractivity contribution < 1.29 is 14.3 Å². The first-order chi connectivity index (χ1) is 10.2. The first-order valence-corrected chi connectivity index (χ1v) is 7.48. The number of alkyl carbamates (subject to hydrolysis) is 1. The van der Waals surface area contributed by atoms with E-state index in [9.17, 15) is 9.59 Å². The van der Waals surface area contributed by atoms with Crippen molar-refractivity contribution in [3.05, 3.63) is 30.3 Å². The Morgan fingerprint density at radius 2 is 1.82 bits per heavy atom. The third-order valence-electron chi connectivity index (χ3n) is 3.16. The number of anilines is 1. The number of nitrogens with one attached hydrogen (secondary N) is 1. The fraction of sp³-hybridized carbons (Fsp3) is 0.529. The number of ether oxygens (including phenoxy) is 1. The van der Waals surface area contributed by atoms with E-state index in [1.54, 1.807) is 11.9 Å². The number of para-hydroxylation sites is 1. The van der Waals surface area contributed by atoms with Crippen molar-refractivity contribution in [3.63, 3.8) is 0 Å². The minimum Gasteiger partial charge on any atom is -0.450 e. The number of hydrogen-bond acceptors (Lipinski definition) is 3. The Kier molecular flexibility index (Phi) is 6.40. The molecule has 0 aliphatic heterocycles. The lowest BCUT2D eigenvalue weighted by atomic mass is 10.1. The van der Waals surface area contributed by atoms with Crippen molar-refractivity contribution >= 4 is 17.7 Å². The zero-order chi connectivity index (χ0) is 16.8. The van der Waals surface area contributed by atoms with Crippen LogP contribution in [-0.4, -0.2) is 31.2 Å². The molecule has 5 nitrogen and oxygen atoms in total. The summed E-state index contributed by atoms with van der Waals surface area (Å²) >= 11 is 0. The lowest BCUT2D eigenvalue weighted by Crippen LogP contribution is -2.41. The third kappa shape index (κ3) is 6.16. The number of benzene rings is 1. The van der Waals surface area contributed by atoms with Crippen molar-refractivity contribution in [2.45, 2.75) is 39.7 Å². The van der Waals surface area contributed by atoms with Crippen LogP contribution in [0.2, 0.25) is 0 Å². The van der Waals surface area contributed by atoms with Gasteiger partial charge in [0.15, 0.2) is 0 Å². The van der Waals surface area contributed by atoms with Crippen LogP contribution in [0.15, 0.2) is 30.3 Å². The standard InChI is InChI=1S/C17H26N2O3/c1-13(11-12-22-16(21)18-17(2,3)4)15(20)19(5)14-9-7-6-8-10-14/h6-10,13H,11-12H2,1-5H3,(H,18,21). The predicted molar refractivity (Wildman–Crippen MR) is 87.9 cm³/mol. The van der Waals surface area contributed by atoms with Crippen LogP contribution in [-0.2, 0) is 9.53 Å². The average molecular weight is 306 g/mol. The van der Waals surface area contributed by atoms with Gasteiger partial charge in [-0.25, -0.2) is 4.79 Å². The van der Waals surface area contributed by atoms with Gasteiger partial charge in [0.2, 0.25) is 5.91 Å². The van der Waals surface area contributed by atoms with E-state index in [1.807, 2.05) is 58.0 Å². The van der Waals surface area contributed by atoms with Crippen molar-refractivity contribution in [1.82, 2.24) is 5.32 Å². The van der Waals surface area contributed by atoms with E-state index >= 15 is 0 Å². The Morgan fingerprint density at radius 1 is 1.23 bits per heavy atom. The molecule has 1 N–H and O–H groups in total. The molecule has 0 saturated heterocycles. The van der Waals surface area contributed by atoms with E-state index in [0.717, 1.165) is 5.69 Å². The van der Waals surface area contributed by atoms with E-state index < -0.39 is 6.09 Å². The van der Waals surface area contributed by atoms with Gasteiger partial charge in [-0.1, -0.05) is 25.1 Å². The number of nitrogens with zero attached hydrogens (tertiary/aromatic N) is 1. The SMILES string of the molecule is CC(CCOC(=O)NC(C)(C)C)C(=O)N(C)c1ccccc1. The summed E-state index contributed by atoms with van der Waals surface area (Å²) in [5, 5.41) is 2.71. The largest absolute Gasteiger partial charge is 0.450 e. The number of amides is 2. The van der Waals surface area contributed by atoms with Gasteiger partial charge in [-0.3, -0.25) is 4.79 Å². The summed E-state index contributed by atoms with van der Waals surface area (Å²) in [6.07, 6.45) is 0.0386. The van der Waals surface area contributed by atoms with Gasteiger partial charge in [-0.05, 0) is 39.3 Å². The molecule has 0 bridgehead atoms. The summed E-state index contributed by atoms with van der Waals surface area (Å²) in [5.41, 5.74) is 0.525. The van der Waals surface area contributed by atoms with Crippen LogP contribution in [0.4, 0.5) is 10.5 Å². The Bertz CT molecular complexity index is 494. The molecule has 122 valence electrons. The fourth-order valence-corrected chi connectivity index (χ4v) is 1.90. The Hall–Kier alpha value is -2.04. The highest BCUT2D eigenvalue weighted by molar-refractivity contribution is 5.94. The maximum Gasteiger partial charge on any atom is 0.407 e. The smallest absolute Gasteiger partial charge is 0.407 e. The molecule has 0 aromatic heterocycles. The molecule has 2 amide bonds. The third-order valence-corrected chi connectivity index (χ3v) is 3.16. The molecule has 0 aliphatic rings. The molecule has 1 aromatic rings. The van der Waals surface area contributed by atoms with Gasteiger partial charge in [0.05, 0.1) is 6.61 Å². The van der Waals surface area contributed by atoms with Gasteiger partial charge in [0, 0.05) is 24.2 Å². The summed E-state index contributed by atoms with van der Waals surface area (Å²) in [6, 6.07) is 9.47. The number of carbonyl (C=O) groups is 2. The maximum atomic E-state index is 12.3. The first-order valence-electron chi connectivity index (χ1n) is 7.48. The second kappa shape index (κ2) is 7.82. The minimum absolute atomic E-state index is 0.00558. The Morgan fingerprint density at radius 3 is 2.36 bits per heavy atom. The van der Waals surface area contributed by atoms with Gasteiger partial charge in [0.25, 0.3) is 0 Å². The zero-order valence-corrected chi connectivity index (χ0v) is 14.1. The highest BCUT2D eigenvalue weighted by Crippen LogP contribution is 2.15. The molecular weight excluding hydrogens is 280 g/mol. The minimum atomic E-state index is -0.455. The molecule has 0 spiro atoms. The number of carbonyl (C=O) groups excluding carboxylic acids is 2. The van der Waals surface area contributed by atoms with Crippen molar-refractivity contribution in [1.29, 1.82) is 0 Å². The van der Waals surface area contributed by atoms with Crippen LogP contribution in [0.5, 0.6) is 0 Å². The second-order valence-corrected chi connectivity index (χ2v) is 6.43. The first kappa shape index (κ1) is 18.0. The monoisotopic (exact) mass is 306 g/mol. The predicted octanol–water partition coefficient (Wildman–Crippen LogP) is 3.20. The summed E-state index contributed by atoms with van der Waals surface area (Å²) in [7, 11) is 1.75. The molecule has 1 atom stereocenters. The molecule has 0 aliphatic carbocycles. The van der Waals surface area contributed by atoms with Crippen molar-refractivity contribution in [2.75, 3.05) is 18.6 Å². The molecule has 1 unspecified atom stereocenters. The normalized spacial score (nSPS) is 12.4. The summed E-state index contributed by atoms with van der Waals surface area (Å²) in [5.74, 6) is -0.210. The van der Waals surface area contributed by atoms with Crippen molar-refractivity contribution in [3.8, 4) is 0 Å². The van der Waals surface area contributed by atoms with Gasteiger partial charge in [-0.15, -0.1) is 0 Å². The zero-order valence-electron chi connectivity index (χ0n) is 14.1. The lowest BCUT2D eigenvalue weighted by Gasteiger charge is -2.22. The van der Waals surface area contributed by atoms with Gasteiger partial charge in [0.1, 0.15) is 0 Å². The van der Waals surface area contributed by atoms with E-state index in [0.29, 0.717) is 6.42 Å². The van der Waals surface area contributed by atoms with Crippen LogP contribution in [0, 0.1) is 5.92 Å². The van der Waals surface area contributed by atoms with E-state index in [2.05, 4.69) is 5.32 Å². The topological polar surface area (TPSA) is 58.6 Å². The van der Waals surface area contributed by atoms with Crippen LogP contribution >= 0.6 is 0 Å². The molecule has 22 heavy (non-hydrogen) atoms. The fourth-order valence-electron chi connectivity index (χ4n) is 1.90. The molecule has 0 heterocycles. The van der Waals surface area contributed by atoms with E-state index in [1.165, 1.54) is 0 Å². The molecule has 0 saturated carbocycles. The van der Waals surface area contributed by atoms with Gasteiger partial charge >= 0.3 is 6.09 Å². The van der Waals surface area contributed by atoms with Crippen LogP contribution in [0.1, 0.15) is 34.1 Å². The highest BCUT2D eigenvalue weighted by Gasteiger charge is 2.20.